The highest BCUT2D eigenvalue weighted by molar-refractivity contribution is 5.94. The maximum Gasteiger partial charge on any atom is 0.288 e. The number of nitrogens with zero attached hydrogens (tertiary/aromatic N) is 3. The number of aromatic nitrogens is 3. The second-order valence-corrected chi connectivity index (χ2v) is 11.2. The van der Waals surface area contributed by atoms with E-state index in [1.165, 1.54) is 6.20 Å². The summed E-state index contributed by atoms with van der Waals surface area (Å²) < 4.78 is 7.34. The van der Waals surface area contributed by atoms with Crippen LogP contribution in [0.15, 0.2) is 40.9 Å². The van der Waals surface area contributed by atoms with Crippen LogP contribution in [0.25, 0.3) is 22.7 Å². The molecule has 2 aliphatic rings. The summed E-state index contributed by atoms with van der Waals surface area (Å²) in [4.78, 5) is 30.0. The molecule has 0 bridgehead atoms. The van der Waals surface area contributed by atoms with Gasteiger partial charge in [0.05, 0.1) is 24.0 Å². The molecule has 37 heavy (non-hydrogen) atoms. The second-order valence-electron chi connectivity index (χ2n) is 11.2. The van der Waals surface area contributed by atoms with Gasteiger partial charge in [-0.25, -0.2) is 4.98 Å². The lowest BCUT2D eigenvalue weighted by atomic mass is 10.1. The van der Waals surface area contributed by atoms with Crippen LogP contribution in [0, 0.1) is 11.8 Å². The van der Waals surface area contributed by atoms with Crippen LogP contribution in [0.3, 0.4) is 0 Å². The van der Waals surface area contributed by atoms with E-state index >= 15 is 0 Å². The van der Waals surface area contributed by atoms with Crippen LogP contribution in [0.1, 0.15) is 74.4 Å². The quantitative estimate of drug-likeness (QED) is 0.382. The van der Waals surface area contributed by atoms with Gasteiger partial charge in [-0.1, -0.05) is 12.1 Å². The summed E-state index contributed by atoms with van der Waals surface area (Å²) in [6, 6.07) is 9.41. The molecule has 2 aromatic heterocycles. The van der Waals surface area contributed by atoms with Gasteiger partial charge < -0.3 is 20.2 Å². The largest absolute Gasteiger partial charge is 0.431 e. The fourth-order valence-electron chi connectivity index (χ4n) is 4.54. The van der Waals surface area contributed by atoms with Crippen LogP contribution >= 0.6 is 0 Å². The van der Waals surface area contributed by atoms with Crippen LogP contribution in [0.5, 0.6) is 0 Å². The normalized spacial score (nSPS) is 17.3. The third kappa shape index (κ3) is 6.10. The number of hydrogen-bond acceptors (Lipinski definition) is 6. The lowest BCUT2D eigenvalue weighted by molar-refractivity contribution is 0.0562. The molecule has 9 heteroatoms. The number of aliphatic hydroxyl groups is 1. The van der Waals surface area contributed by atoms with Crippen molar-refractivity contribution in [3.05, 3.63) is 48.0 Å². The first kappa shape index (κ1) is 25.2. The summed E-state index contributed by atoms with van der Waals surface area (Å²) in [6.45, 7) is 7.57. The number of carbonyl (C=O) groups is 2. The molecular formula is C28H35N5O4. The summed E-state index contributed by atoms with van der Waals surface area (Å²) in [5.74, 6) is 1.10. The zero-order valence-corrected chi connectivity index (χ0v) is 21.8. The third-order valence-corrected chi connectivity index (χ3v) is 7.06. The van der Waals surface area contributed by atoms with Crippen LogP contribution in [-0.4, -0.2) is 49.4 Å². The van der Waals surface area contributed by atoms with Crippen LogP contribution in [-0.2, 0) is 6.54 Å². The van der Waals surface area contributed by atoms with Crippen molar-refractivity contribution in [2.45, 2.75) is 77.6 Å². The van der Waals surface area contributed by atoms with Crippen molar-refractivity contribution in [2.24, 2.45) is 11.8 Å². The molecule has 3 N–H and O–H groups in total. The molecule has 3 aromatic rings. The maximum absolute atomic E-state index is 13.1. The van der Waals surface area contributed by atoms with Crippen LogP contribution in [0.4, 0.5) is 0 Å². The Morgan fingerprint density at radius 2 is 1.68 bits per heavy atom. The van der Waals surface area contributed by atoms with Gasteiger partial charge in [-0.15, -0.1) is 0 Å². The molecular weight excluding hydrogens is 470 g/mol. The van der Waals surface area contributed by atoms with Gasteiger partial charge in [0, 0.05) is 23.2 Å². The highest BCUT2D eigenvalue weighted by atomic mass is 16.4. The summed E-state index contributed by atoms with van der Waals surface area (Å²) >= 11 is 0. The van der Waals surface area contributed by atoms with Gasteiger partial charge in [-0.2, -0.15) is 5.10 Å². The van der Waals surface area contributed by atoms with Gasteiger partial charge in [-0.05, 0) is 83.4 Å². The van der Waals surface area contributed by atoms with E-state index in [0.29, 0.717) is 34.7 Å². The summed E-state index contributed by atoms with van der Waals surface area (Å²) in [7, 11) is 0. The minimum absolute atomic E-state index is 0.0912. The molecule has 0 unspecified atom stereocenters. The number of oxazole rings is 1. The highest BCUT2D eigenvalue weighted by Gasteiger charge is 2.31. The van der Waals surface area contributed by atoms with Crippen molar-refractivity contribution in [2.75, 3.05) is 0 Å². The summed E-state index contributed by atoms with van der Waals surface area (Å²) in [6.07, 6.45) is 5.99. The van der Waals surface area contributed by atoms with Crippen LogP contribution < -0.4 is 10.6 Å². The Morgan fingerprint density at radius 1 is 1.05 bits per heavy atom. The average molecular weight is 506 g/mol. The predicted molar refractivity (Wildman–Crippen MR) is 139 cm³/mol. The van der Waals surface area contributed by atoms with Gasteiger partial charge in [0.1, 0.15) is 5.69 Å². The summed E-state index contributed by atoms with van der Waals surface area (Å²) in [5.41, 5.74) is 1.40. The van der Waals surface area contributed by atoms with E-state index in [-0.39, 0.29) is 36.2 Å². The fraction of sp³-hybridized carbons (Fsp3) is 0.500. The number of hydrogen-bond donors (Lipinski definition) is 3. The lowest BCUT2D eigenvalue weighted by Crippen LogP contribution is -2.37. The third-order valence-electron chi connectivity index (χ3n) is 7.06. The maximum atomic E-state index is 13.1. The monoisotopic (exact) mass is 505 g/mol. The van der Waals surface area contributed by atoms with Crippen molar-refractivity contribution in [1.82, 2.24) is 25.4 Å². The number of amides is 2. The van der Waals surface area contributed by atoms with Crippen molar-refractivity contribution >= 4 is 11.8 Å². The Morgan fingerprint density at radius 3 is 2.30 bits per heavy atom. The minimum atomic E-state index is -1.05. The molecule has 5 rings (SSSR count). The molecule has 0 saturated heterocycles. The first-order valence-corrected chi connectivity index (χ1v) is 13.1. The zero-order valence-electron chi connectivity index (χ0n) is 21.8. The molecule has 196 valence electrons. The molecule has 9 nitrogen and oxygen atoms in total. The van der Waals surface area contributed by atoms with Gasteiger partial charge in [-0.3, -0.25) is 14.3 Å². The minimum Gasteiger partial charge on any atom is -0.431 e. The lowest BCUT2D eigenvalue weighted by Gasteiger charge is -2.19. The van der Waals surface area contributed by atoms with E-state index in [1.54, 1.807) is 24.6 Å². The molecule has 0 spiro atoms. The standard InChI is InChI=1S/C28H35N5O4/c1-16(18-8-9-18)30-25(34)23-13-22(32-33(23)15-28(3,4)36)20-6-5-7-21(12-20)27-29-14-24(37-27)26(35)31-17(2)19-10-11-19/h5-7,12-14,16-19,36H,8-11,15H2,1-4H3,(H,30,34)(H,31,35)/t16-,17-/m0/s1. The van der Waals surface area contributed by atoms with Gasteiger partial charge in [0.2, 0.25) is 11.7 Å². The molecule has 2 amide bonds. The average Bonchev–Trinajstić information content (AvgIpc) is 3.77. The fourth-order valence-corrected chi connectivity index (χ4v) is 4.54. The van der Waals surface area contributed by atoms with E-state index in [1.807, 2.05) is 38.1 Å². The van der Waals surface area contributed by atoms with E-state index in [9.17, 15) is 14.7 Å². The van der Waals surface area contributed by atoms with Gasteiger partial charge in [0.15, 0.2) is 0 Å². The Kier molecular flexibility index (Phi) is 6.66. The van der Waals surface area contributed by atoms with E-state index in [0.717, 1.165) is 31.2 Å². The molecule has 2 aliphatic carbocycles. The van der Waals surface area contributed by atoms with E-state index in [2.05, 4.69) is 20.7 Å². The number of rotatable bonds is 10. The second kappa shape index (κ2) is 9.78. The van der Waals surface area contributed by atoms with E-state index < -0.39 is 5.60 Å². The zero-order chi connectivity index (χ0) is 26.3. The number of carbonyl (C=O) groups excluding carboxylic acids is 2. The summed E-state index contributed by atoms with van der Waals surface area (Å²) in [5, 5.41) is 21.1. The van der Waals surface area contributed by atoms with Crippen molar-refractivity contribution in [3.8, 4) is 22.7 Å². The van der Waals surface area contributed by atoms with Crippen molar-refractivity contribution < 1.29 is 19.1 Å². The Hall–Kier alpha value is -3.46. The first-order chi connectivity index (χ1) is 17.6. The number of benzene rings is 1. The Balaban J connectivity index is 1.38. The SMILES string of the molecule is C[C@H](NC(=O)c1cnc(-c2cccc(-c3cc(C(=O)N[C@@H](C)C4CC4)n(CC(C)(C)O)n3)c2)o1)C1CC1. The van der Waals surface area contributed by atoms with E-state index in [4.69, 9.17) is 4.42 Å². The van der Waals surface area contributed by atoms with Crippen molar-refractivity contribution in [3.63, 3.8) is 0 Å². The molecule has 0 aliphatic heterocycles. The van der Waals surface area contributed by atoms with Gasteiger partial charge in [0.25, 0.3) is 11.8 Å². The Bertz CT molecular complexity index is 1300. The molecule has 2 atom stereocenters. The topological polar surface area (TPSA) is 122 Å². The predicted octanol–water partition coefficient (Wildman–Crippen LogP) is 4.03. The molecule has 1 aromatic carbocycles. The smallest absolute Gasteiger partial charge is 0.288 e. The van der Waals surface area contributed by atoms with Gasteiger partial charge >= 0.3 is 0 Å². The highest BCUT2D eigenvalue weighted by Crippen LogP contribution is 2.33. The molecule has 2 heterocycles. The molecule has 2 saturated carbocycles. The Labute approximate surface area is 216 Å². The first-order valence-electron chi connectivity index (χ1n) is 13.1. The van der Waals surface area contributed by atoms with Crippen molar-refractivity contribution in [1.29, 1.82) is 0 Å². The number of nitrogens with one attached hydrogen (secondary N) is 2. The molecule has 2 fully saturated rings. The molecule has 0 radical (unpaired) electrons. The van der Waals surface area contributed by atoms with Crippen LogP contribution in [0.2, 0.25) is 0 Å².